The standard InChI is InChI=1S/C11H20N2OS/c1-8(7-10(12)15)13(2)11(14)9-5-3-4-6-9/h8-9H,3-7H2,1-2H3,(H2,12,15). The van der Waals surface area contributed by atoms with Gasteiger partial charge in [-0.15, -0.1) is 0 Å². The zero-order valence-corrected chi connectivity index (χ0v) is 10.3. The van der Waals surface area contributed by atoms with E-state index < -0.39 is 0 Å². The van der Waals surface area contributed by atoms with Crippen LogP contribution in [-0.4, -0.2) is 28.9 Å². The highest BCUT2D eigenvalue weighted by Crippen LogP contribution is 2.26. The fraction of sp³-hybridized carbons (Fsp3) is 0.818. The lowest BCUT2D eigenvalue weighted by Crippen LogP contribution is -2.40. The van der Waals surface area contributed by atoms with Gasteiger partial charge in [0.15, 0.2) is 0 Å². The molecule has 2 N–H and O–H groups in total. The average Bonchev–Trinajstić information content (AvgIpc) is 2.67. The van der Waals surface area contributed by atoms with Crippen molar-refractivity contribution >= 4 is 23.1 Å². The minimum absolute atomic E-state index is 0.121. The molecule has 0 bridgehead atoms. The molecule has 0 heterocycles. The van der Waals surface area contributed by atoms with Crippen molar-refractivity contribution in [1.82, 2.24) is 4.90 Å². The van der Waals surface area contributed by atoms with Crippen molar-refractivity contribution in [3.63, 3.8) is 0 Å². The quantitative estimate of drug-likeness (QED) is 0.745. The normalized spacial score (nSPS) is 18.8. The first-order valence-electron chi connectivity index (χ1n) is 5.57. The molecular formula is C11H20N2OS. The van der Waals surface area contributed by atoms with Gasteiger partial charge in [0.05, 0.1) is 4.99 Å². The molecule has 0 saturated heterocycles. The summed E-state index contributed by atoms with van der Waals surface area (Å²) < 4.78 is 0. The fourth-order valence-corrected chi connectivity index (χ4v) is 2.35. The molecule has 3 nitrogen and oxygen atoms in total. The van der Waals surface area contributed by atoms with E-state index in [1.54, 1.807) is 4.90 Å². The lowest BCUT2D eigenvalue weighted by Gasteiger charge is -2.27. The number of nitrogens with zero attached hydrogens (tertiary/aromatic N) is 1. The van der Waals surface area contributed by atoms with E-state index in [2.05, 4.69) is 0 Å². The van der Waals surface area contributed by atoms with Gasteiger partial charge in [-0.05, 0) is 19.8 Å². The number of hydrogen-bond acceptors (Lipinski definition) is 2. The van der Waals surface area contributed by atoms with Crippen LogP contribution in [0.3, 0.4) is 0 Å². The van der Waals surface area contributed by atoms with Crippen LogP contribution in [0.4, 0.5) is 0 Å². The molecule has 0 aromatic rings. The monoisotopic (exact) mass is 228 g/mol. The minimum atomic E-state index is 0.121. The van der Waals surface area contributed by atoms with E-state index in [1.807, 2.05) is 14.0 Å². The summed E-state index contributed by atoms with van der Waals surface area (Å²) in [4.78, 5) is 14.3. The summed E-state index contributed by atoms with van der Waals surface area (Å²) in [6, 6.07) is 0.121. The van der Waals surface area contributed by atoms with Crippen molar-refractivity contribution in [2.75, 3.05) is 7.05 Å². The van der Waals surface area contributed by atoms with Gasteiger partial charge in [-0.3, -0.25) is 4.79 Å². The first-order chi connectivity index (χ1) is 7.02. The topological polar surface area (TPSA) is 46.3 Å². The molecule has 1 aliphatic rings. The van der Waals surface area contributed by atoms with Crippen molar-refractivity contribution in [2.45, 2.75) is 45.1 Å². The Bertz CT molecular complexity index is 249. The SMILES string of the molecule is CC(CC(N)=S)N(C)C(=O)C1CCCC1. The number of nitrogens with two attached hydrogens (primary N) is 1. The minimum Gasteiger partial charge on any atom is -0.393 e. The summed E-state index contributed by atoms with van der Waals surface area (Å²) in [5.74, 6) is 0.500. The van der Waals surface area contributed by atoms with E-state index in [-0.39, 0.29) is 17.9 Å². The van der Waals surface area contributed by atoms with Crippen molar-refractivity contribution < 1.29 is 4.79 Å². The zero-order valence-electron chi connectivity index (χ0n) is 9.53. The highest BCUT2D eigenvalue weighted by Gasteiger charge is 2.27. The Morgan fingerprint density at radius 1 is 1.53 bits per heavy atom. The Kier molecular flexibility index (Phi) is 4.51. The highest BCUT2D eigenvalue weighted by atomic mass is 32.1. The number of thiocarbonyl (C=S) groups is 1. The predicted molar refractivity (Wildman–Crippen MR) is 65.6 cm³/mol. The summed E-state index contributed by atoms with van der Waals surface area (Å²) in [5.41, 5.74) is 5.48. The van der Waals surface area contributed by atoms with Gasteiger partial charge in [0.1, 0.15) is 0 Å². The lowest BCUT2D eigenvalue weighted by atomic mass is 10.1. The summed E-state index contributed by atoms with van der Waals surface area (Å²) in [6.07, 6.45) is 5.08. The molecule has 1 atom stereocenters. The predicted octanol–water partition coefficient (Wildman–Crippen LogP) is 1.70. The van der Waals surface area contributed by atoms with Crippen LogP contribution in [0.15, 0.2) is 0 Å². The summed E-state index contributed by atoms with van der Waals surface area (Å²) in [5, 5.41) is 0. The average molecular weight is 228 g/mol. The molecule has 15 heavy (non-hydrogen) atoms. The Hall–Kier alpha value is -0.640. The van der Waals surface area contributed by atoms with Crippen LogP contribution in [-0.2, 0) is 4.79 Å². The number of carbonyl (C=O) groups is 1. The van der Waals surface area contributed by atoms with E-state index in [0.29, 0.717) is 11.4 Å². The first-order valence-corrected chi connectivity index (χ1v) is 5.98. The van der Waals surface area contributed by atoms with Crippen molar-refractivity contribution in [3.05, 3.63) is 0 Å². The zero-order chi connectivity index (χ0) is 11.4. The Morgan fingerprint density at radius 2 is 2.07 bits per heavy atom. The molecule has 0 aromatic heterocycles. The molecule has 1 saturated carbocycles. The highest BCUT2D eigenvalue weighted by molar-refractivity contribution is 7.80. The number of amides is 1. The summed E-state index contributed by atoms with van der Waals surface area (Å²) in [6.45, 7) is 1.99. The molecule has 1 unspecified atom stereocenters. The van der Waals surface area contributed by atoms with Crippen LogP contribution in [0.2, 0.25) is 0 Å². The number of rotatable bonds is 4. The fourth-order valence-electron chi connectivity index (χ4n) is 2.11. The van der Waals surface area contributed by atoms with Crippen molar-refractivity contribution in [1.29, 1.82) is 0 Å². The molecule has 0 aliphatic heterocycles. The third-order valence-corrected chi connectivity index (χ3v) is 3.38. The molecule has 1 amide bonds. The largest absolute Gasteiger partial charge is 0.393 e. The van der Waals surface area contributed by atoms with Crippen LogP contribution in [0.5, 0.6) is 0 Å². The van der Waals surface area contributed by atoms with Gasteiger partial charge < -0.3 is 10.6 Å². The van der Waals surface area contributed by atoms with Crippen LogP contribution in [0.1, 0.15) is 39.0 Å². The first kappa shape index (κ1) is 12.4. The van der Waals surface area contributed by atoms with Gasteiger partial charge in [-0.25, -0.2) is 0 Å². The molecule has 4 heteroatoms. The van der Waals surface area contributed by atoms with E-state index in [1.165, 1.54) is 12.8 Å². The second-order valence-corrected chi connectivity index (χ2v) is 4.97. The van der Waals surface area contributed by atoms with Gasteiger partial charge in [-0.2, -0.15) is 0 Å². The lowest BCUT2D eigenvalue weighted by molar-refractivity contribution is -0.135. The van der Waals surface area contributed by atoms with E-state index in [9.17, 15) is 4.79 Å². The maximum Gasteiger partial charge on any atom is 0.225 e. The smallest absolute Gasteiger partial charge is 0.225 e. The van der Waals surface area contributed by atoms with Crippen LogP contribution in [0, 0.1) is 5.92 Å². The molecule has 0 aromatic carbocycles. The van der Waals surface area contributed by atoms with Gasteiger partial charge in [0.25, 0.3) is 0 Å². The third kappa shape index (κ3) is 3.45. The van der Waals surface area contributed by atoms with Crippen LogP contribution >= 0.6 is 12.2 Å². The van der Waals surface area contributed by atoms with Crippen molar-refractivity contribution in [3.8, 4) is 0 Å². The number of carbonyl (C=O) groups excluding carboxylic acids is 1. The Morgan fingerprint density at radius 3 is 2.53 bits per heavy atom. The van der Waals surface area contributed by atoms with Gasteiger partial charge in [0.2, 0.25) is 5.91 Å². The molecule has 86 valence electrons. The van der Waals surface area contributed by atoms with E-state index in [4.69, 9.17) is 18.0 Å². The van der Waals surface area contributed by atoms with E-state index >= 15 is 0 Å². The Balaban J connectivity index is 2.47. The molecule has 0 spiro atoms. The maximum absolute atomic E-state index is 12.0. The number of hydrogen-bond donors (Lipinski definition) is 1. The second-order valence-electron chi connectivity index (χ2n) is 4.45. The second kappa shape index (κ2) is 5.45. The van der Waals surface area contributed by atoms with Crippen LogP contribution in [0.25, 0.3) is 0 Å². The summed E-state index contributed by atoms with van der Waals surface area (Å²) >= 11 is 4.85. The maximum atomic E-state index is 12.0. The van der Waals surface area contributed by atoms with Gasteiger partial charge in [0, 0.05) is 25.4 Å². The molecule has 1 aliphatic carbocycles. The molecule has 1 fully saturated rings. The molecule has 0 radical (unpaired) electrons. The molecular weight excluding hydrogens is 208 g/mol. The molecule has 1 rings (SSSR count). The Labute approximate surface area is 97.0 Å². The third-order valence-electron chi connectivity index (χ3n) is 3.21. The van der Waals surface area contributed by atoms with Crippen LogP contribution < -0.4 is 5.73 Å². The van der Waals surface area contributed by atoms with Gasteiger partial charge >= 0.3 is 0 Å². The van der Waals surface area contributed by atoms with Crippen molar-refractivity contribution in [2.24, 2.45) is 11.7 Å². The summed E-state index contributed by atoms with van der Waals surface area (Å²) in [7, 11) is 1.85. The van der Waals surface area contributed by atoms with Gasteiger partial charge in [-0.1, -0.05) is 25.1 Å². The van der Waals surface area contributed by atoms with E-state index in [0.717, 1.165) is 12.8 Å².